The number of rotatable bonds is 1. The maximum atomic E-state index is 6.05. The van der Waals surface area contributed by atoms with Crippen LogP contribution in [0.1, 0.15) is 37.7 Å². The largest absolute Gasteiger partial charge is 0.397 e. The lowest BCUT2D eigenvalue weighted by Crippen LogP contribution is -2.31. The summed E-state index contributed by atoms with van der Waals surface area (Å²) in [6, 6.07) is 2.36. The normalized spacial score (nSPS) is 31.5. The molecule has 1 saturated carbocycles. The first kappa shape index (κ1) is 10.4. The highest BCUT2D eigenvalue weighted by Gasteiger charge is 2.26. The summed E-state index contributed by atoms with van der Waals surface area (Å²) >= 11 is 0. The Hall–Kier alpha value is -1.09. The summed E-state index contributed by atoms with van der Waals surface area (Å²) in [5, 5.41) is 0. The topological polar surface area (TPSA) is 64.9 Å². The Bertz CT molecular complexity index is 327. The smallest absolute Gasteiger partial charge is 0.0535 e. The molecule has 3 heteroatoms. The molecule has 0 amide bonds. The van der Waals surface area contributed by atoms with Crippen LogP contribution in [0.4, 0.5) is 5.69 Å². The molecule has 1 aliphatic rings. The molecular weight excluding hydrogens is 186 g/mol. The summed E-state index contributed by atoms with van der Waals surface area (Å²) in [6.45, 7) is 2.27. The molecule has 4 N–H and O–H groups in total. The predicted molar refractivity (Wildman–Crippen MR) is 62.4 cm³/mol. The van der Waals surface area contributed by atoms with E-state index in [0.717, 1.165) is 18.5 Å². The minimum Gasteiger partial charge on any atom is -0.397 e. The van der Waals surface area contributed by atoms with E-state index >= 15 is 0 Å². The van der Waals surface area contributed by atoms with Gasteiger partial charge in [0.2, 0.25) is 0 Å². The minimum absolute atomic E-state index is 0.325. The third-order valence-corrected chi connectivity index (χ3v) is 3.31. The molecule has 3 nitrogen and oxygen atoms in total. The van der Waals surface area contributed by atoms with Crippen molar-refractivity contribution >= 4 is 5.69 Å². The van der Waals surface area contributed by atoms with Gasteiger partial charge in [-0.3, -0.25) is 4.98 Å². The maximum Gasteiger partial charge on any atom is 0.0535 e. The molecule has 0 bridgehead atoms. The van der Waals surface area contributed by atoms with Gasteiger partial charge in [-0.05, 0) is 42.7 Å². The molecule has 0 radical (unpaired) electrons. The standard InChI is InChI=1S/C12H19N3/c1-8-4-9(6-10(13)5-8)11-2-3-15-7-12(11)14/h2-3,7-10H,4-6,13-14H2,1H3. The van der Waals surface area contributed by atoms with Gasteiger partial charge in [0.1, 0.15) is 0 Å². The van der Waals surface area contributed by atoms with Crippen LogP contribution in [-0.4, -0.2) is 11.0 Å². The van der Waals surface area contributed by atoms with Gasteiger partial charge in [-0.1, -0.05) is 6.92 Å². The molecule has 0 aliphatic heterocycles. The van der Waals surface area contributed by atoms with Crippen LogP contribution in [0.2, 0.25) is 0 Å². The van der Waals surface area contributed by atoms with Crippen LogP contribution in [0.15, 0.2) is 18.5 Å². The lowest BCUT2D eigenvalue weighted by molar-refractivity contribution is 0.308. The van der Waals surface area contributed by atoms with E-state index in [1.165, 1.54) is 12.0 Å². The summed E-state index contributed by atoms with van der Waals surface area (Å²) in [6.07, 6.45) is 6.94. The lowest BCUT2D eigenvalue weighted by Gasteiger charge is -2.32. The molecular formula is C12H19N3. The van der Waals surface area contributed by atoms with Gasteiger partial charge in [0, 0.05) is 12.2 Å². The molecule has 2 rings (SSSR count). The van der Waals surface area contributed by atoms with E-state index in [1.54, 1.807) is 6.20 Å². The SMILES string of the molecule is CC1CC(N)CC(c2ccncc2N)C1. The van der Waals surface area contributed by atoms with E-state index in [0.29, 0.717) is 17.9 Å². The zero-order valence-electron chi connectivity index (χ0n) is 9.19. The Balaban J connectivity index is 2.20. The average Bonchev–Trinajstić information content (AvgIpc) is 2.16. The Labute approximate surface area is 90.9 Å². The van der Waals surface area contributed by atoms with Gasteiger partial charge < -0.3 is 11.5 Å². The lowest BCUT2D eigenvalue weighted by atomic mass is 9.76. The number of nitrogen functional groups attached to an aromatic ring is 1. The average molecular weight is 205 g/mol. The van der Waals surface area contributed by atoms with Gasteiger partial charge in [-0.15, -0.1) is 0 Å². The number of hydrogen-bond acceptors (Lipinski definition) is 3. The van der Waals surface area contributed by atoms with Crippen molar-refractivity contribution in [2.24, 2.45) is 11.7 Å². The maximum absolute atomic E-state index is 6.05. The first-order chi connectivity index (χ1) is 7.16. The number of nitrogens with two attached hydrogens (primary N) is 2. The number of pyridine rings is 1. The third-order valence-electron chi connectivity index (χ3n) is 3.31. The summed E-state index contributed by atoms with van der Waals surface area (Å²) in [7, 11) is 0. The van der Waals surface area contributed by atoms with Gasteiger partial charge in [0.25, 0.3) is 0 Å². The third kappa shape index (κ3) is 2.29. The van der Waals surface area contributed by atoms with Crippen LogP contribution >= 0.6 is 0 Å². The van der Waals surface area contributed by atoms with E-state index in [1.807, 2.05) is 12.3 Å². The van der Waals surface area contributed by atoms with Crippen LogP contribution in [0.3, 0.4) is 0 Å². The fourth-order valence-electron chi connectivity index (χ4n) is 2.70. The summed E-state index contributed by atoms with van der Waals surface area (Å²) in [5.41, 5.74) is 14.0. The summed E-state index contributed by atoms with van der Waals surface area (Å²) in [4.78, 5) is 4.02. The van der Waals surface area contributed by atoms with E-state index in [4.69, 9.17) is 11.5 Å². The van der Waals surface area contributed by atoms with Gasteiger partial charge in [0.15, 0.2) is 0 Å². The van der Waals surface area contributed by atoms with Crippen molar-refractivity contribution in [2.45, 2.75) is 38.1 Å². The Kier molecular flexibility index (Phi) is 2.91. The van der Waals surface area contributed by atoms with Crippen molar-refractivity contribution < 1.29 is 0 Å². The highest BCUT2D eigenvalue weighted by atomic mass is 14.7. The molecule has 1 heterocycles. The molecule has 0 aromatic carbocycles. The van der Waals surface area contributed by atoms with Gasteiger partial charge in [0.05, 0.1) is 11.9 Å². The molecule has 1 aromatic rings. The Morgan fingerprint density at radius 1 is 1.33 bits per heavy atom. The zero-order valence-corrected chi connectivity index (χ0v) is 9.19. The fourth-order valence-corrected chi connectivity index (χ4v) is 2.70. The molecule has 3 atom stereocenters. The quantitative estimate of drug-likeness (QED) is 0.736. The van der Waals surface area contributed by atoms with Crippen molar-refractivity contribution in [3.05, 3.63) is 24.0 Å². The van der Waals surface area contributed by atoms with Crippen molar-refractivity contribution in [3.63, 3.8) is 0 Å². The minimum atomic E-state index is 0.325. The van der Waals surface area contributed by atoms with Crippen LogP contribution in [0, 0.1) is 5.92 Å². The van der Waals surface area contributed by atoms with Crippen molar-refractivity contribution in [1.29, 1.82) is 0 Å². The molecule has 1 fully saturated rings. The molecule has 1 aromatic heterocycles. The fraction of sp³-hybridized carbons (Fsp3) is 0.583. The molecule has 0 spiro atoms. The van der Waals surface area contributed by atoms with Crippen LogP contribution in [0.25, 0.3) is 0 Å². The van der Waals surface area contributed by atoms with Gasteiger partial charge in [-0.2, -0.15) is 0 Å². The molecule has 1 aliphatic carbocycles. The van der Waals surface area contributed by atoms with Crippen molar-refractivity contribution in [2.75, 3.05) is 5.73 Å². The van der Waals surface area contributed by atoms with Crippen molar-refractivity contribution in [3.8, 4) is 0 Å². The monoisotopic (exact) mass is 205 g/mol. The Morgan fingerprint density at radius 3 is 2.80 bits per heavy atom. The second-order valence-corrected chi connectivity index (χ2v) is 4.77. The highest BCUT2D eigenvalue weighted by Crippen LogP contribution is 2.37. The molecule has 3 unspecified atom stereocenters. The highest BCUT2D eigenvalue weighted by molar-refractivity contribution is 5.46. The molecule has 15 heavy (non-hydrogen) atoms. The van der Waals surface area contributed by atoms with Gasteiger partial charge >= 0.3 is 0 Å². The van der Waals surface area contributed by atoms with Crippen LogP contribution in [-0.2, 0) is 0 Å². The second-order valence-electron chi connectivity index (χ2n) is 4.77. The predicted octanol–water partition coefficient (Wildman–Crippen LogP) is 1.89. The van der Waals surface area contributed by atoms with E-state index in [2.05, 4.69) is 11.9 Å². The Morgan fingerprint density at radius 2 is 2.13 bits per heavy atom. The molecule has 82 valence electrons. The summed E-state index contributed by atoms with van der Waals surface area (Å²) in [5.74, 6) is 1.22. The number of nitrogens with zero attached hydrogens (tertiary/aromatic N) is 1. The molecule has 0 saturated heterocycles. The number of aromatic nitrogens is 1. The zero-order chi connectivity index (χ0) is 10.8. The first-order valence-electron chi connectivity index (χ1n) is 5.61. The van der Waals surface area contributed by atoms with E-state index < -0.39 is 0 Å². The number of hydrogen-bond donors (Lipinski definition) is 2. The van der Waals surface area contributed by atoms with Gasteiger partial charge in [-0.25, -0.2) is 0 Å². The summed E-state index contributed by atoms with van der Waals surface area (Å²) < 4.78 is 0. The van der Waals surface area contributed by atoms with Crippen LogP contribution in [0.5, 0.6) is 0 Å². The first-order valence-corrected chi connectivity index (χ1v) is 5.61. The van der Waals surface area contributed by atoms with Crippen LogP contribution < -0.4 is 11.5 Å². The van der Waals surface area contributed by atoms with Crippen molar-refractivity contribution in [1.82, 2.24) is 4.98 Å². The van der Waals surface area contributed by atoms with E-state index in [9.17, 15) is 0 Å². The second kappa shape index (κ2) is 4.19. The number of anilines is 1. The van der Waals surface area contributed by atoms with E-state index in [-0.39, 0.29) is 0 Å².